The Kier molecular flexibility index (Phi) is 5.33. The Balaban J connectivity index is 1.46. The molecular formula is C23H20BrFN4O2. The molecule has 0 amide bonds. The fraction of sp³-hybridized carbons (Fsp3) is 0.217. The number of hydrogen-bond donors (Lipinski definition) is 1. The van der Waals surface area contributed by atoms with Gasteiger partial charge in [0.15, 0.2) is 0 Å². The number of aromatic nitrogens is 3. The van der Waals surface area contributed by atoms with E-state index in [0.717, 1.165) is 46.5 Å². The fourth-order valence-electron chi connectivity index (χ4n) is 3.87. The number of benzene rings is 1. The minimum absolute atomic E-state index is 0.121. The highest BCUT2D eigenvalue weighted by atomic mass is 79.9. The van der Waals surface area contributed by atoms with Gasteiger partial charge >= 0.3 is 0 Å². The lowest BCUT2D eigenvalue weighted by molar-refractivity contribution is 0.122. The molecule has 31 heavy (non-hydrogen) atoms. The third kappa shape index (κ3) is 4.00. The van der Waals surface area contributed by atoms with Crippen LogP contribution in [0.5, 0.6) is 0 Å². The molecule has 0 radical (unpaired) electrons. The Hall–Kier alpha value is -2.97. The number of fused-ring (bicyclic) bond motifs is 1. The number of H-pyrrole nitrogens is 1. The number of anilines is 1. The van der Waals surface area contributed by atoms with E-state index in [0.29, 0.717) is 24.2 Å². The van der Waals surface area contributed by atoms with Gasteiger partial charge in [-0.1, -0.05) is 6.07 Å². The van der Waals surface area contributed by atoms with Gasteiger partial charge in [0.2, 0.25) is 0 Å². The van der Waals surface area contributed by atoms with Crippen LogP contribution < -0.4 is 10.5 Å². The number of pyridine rings is 2. The van der Waals surface area contributed by atoms with E-state index in [1.165, 1.54) is 6.07 Å². The third-order valence-electron chi connectivity index (χ3n) is 5.54. The van der Waals surface area contributed by atoms with Gasteiger partial charge in [0.05, 0.1) is 36.1 Å². The van der Waals surface area contributed by atoms with E-state index in [2.05, 4.69) is 36.9 Å². The number of hydrogen-bond acceptors (Lipinski definition) is 4. The second-order valence-corrected chi connectivity index (χ2v) is 8.38. The summed E-state index contributed by atoms with van der Waals surface area (Å²) in [4.78, 5) is 22.8. The maximum Gasteiger partial charge on any atom is 0.251 e. The third-order valence-corrected chi connectivity index (χ3v) is 6.14. The van der Waals surface area contributed by atoms with Crippen molar-refractivity contribution in [3.63, 3.8) is 0 Å². The number of halogens is 2. The predicted octanol–water partition coefficient (Wildman–Crippen LogP) is 4.18. The van der Waals surface area contributed by atoms with Crippen LogP contribution in [-0.2, 0) is 11.3 Å². The minimum atomic E-state index is -0.323. The summed E-state index contributed by atoms with van der Waals surface area (Å²) in [6, 6.07) is 10.4. The summed E-state index contributed by atoms with van der Waals surface area (Å²) in [5, 5.41) is 0.976. The molecule has 0 spiro atoms. The summed E-state index contributed by atoms with van der Waals surface area (Å²) in [5.74, 6) is -0.323. The molecule has 1 saturated heterocycles. The van der Waals surface area contributed by atoms with Crippen LogP contribution in [0.15, 0.2) is 64.3 Å². The van der Waals surface area contributed by atoms with E-state index >= 15 is 0 Å². The summed E-state index contributed by atoms with van der Waals surface area (Å²) in [6.07, 6.45) is 5.52. The van der Waals surface area contributed by atoms with Gasteiger partial charge in [-0.2, -0.15) is 0 Å². The van der Waals surface area contributed by atoms with E-state index < -0.39 is 0 Å². The highest BCUT2D eigenvalue weighted by Crippen LogP contribution is 2.30. The molecule has 1 aliphatic rings. The van der Waals surface area contributed by atoms with Crippen molar-refractivity contribution in [1.82, 2.24) is 14.5 Å². The summed E-state index contributed by atoms with van der Waals surface area (Å²) in [7, 11) is 0. The number of nitrogens with one attached hydrogen (secondary N) is 1. The first-order valence-corrected chi connectivity index (χ1v) is 10.8. The molecule has 0 unspecified atom stereocenters. The Morgan fingerprint density at radius 2 is 2.00 bits per heavy atom. The van der Waals surface area contributed by atoms with Gasteiger partial charge in [0.25, 0.3) is 5.56 Å². The molecule has 1 fully saturated rings. The number of nitrogens with zero attached hydrogens (tertiary/aromatic N) is 3. The van der Waals surface area contributed by atoms with Crippen LogP contribution in [-0.4, -0.2) is 40.8 Å². The molecule has 3 aromatic heterocycles. The van der Waals surface area contributed by atoms with Crippen molar-refractivity contribution in [3.8, 4) is 11.1 Å². The Morgan fingerprint density at radius 1 is 1.16 bits per heavy atom. The predicted molar refractivity (Wildman–Crippen MR) is 122 cm³/mol. The van der Waals surface area contributed by atoms with Gasteiger partial charge in [-0.3, -0.25) is 4.79 Å². The molecule has 4 aromatic rings. The van der Waals surface area contributed by atoms with Crippen LogP contribution in [0, 0.1) is 5.82 Å². The SMILES string of the molecule is O=c1cc(-c2c[nH]c3ncc(N4CCOCC4)cc23)ccn1Cc1ccc(F)c(Br)c1. The molecule has 1 aromatic carbocycles. The van der Waals surface area contributed by atoms with Crippen molar-refractivity contribution in [1.29, 1.82) is 0 Å². The summed E-state index contributed by atoms with van der Waals surface area (Å²) < 4.78 is 20.9. The van der Waals surface area contributed by atoms with Gasteiger partial charge in [0, 0.05) is 42.5 Å². The quantitative estimate of drug-likeness (QED) is 0.473. The Morgan fingerprint density at radius 3 is 2.77 bits per heavy atom. The van der Waals surface area contributed by atoms with Crippen LogP contribution in [0.3, 0.4) is 0 Å². The largest absolute Gasteiger partial charge is 0.378 e. The Labute approximate surface area is 186 Å². The highest BCUT2D eigenvalue weighted by Gasteiger charge is 2.15. The maximum absolute atomic E-state index is 13.5. The normalized spacial score (nSPS) is 14.3. The van der Waals surface area contributed by atoms with Gasteiger partial charge in [-0.25, -0.2) is 9.37 Å². The maximum atomic E-state index is 13.5. The molecule has 6 nitrogen and oxygen atoms in total. The molecule has 5 rings (SSSR count). The van der Waals surface area contributed by atoms with Crippen molar-refractivity contribution in [2.45, 2.75) is 6.54 Å². The monoisotopic (exact) mass is 482 g/mol. The van der Waals surface area contributed by atoms with Crippen LogP contribution in [0.1, 0.15) is 5.56 Å². The van der Waals surface area contributed by atoms with Gasteiger partial charge in [-0.05, 0) is 51.3 Å². The number of rotatable bonds is 4. The first-order valence-electron chi connectivity index (χ1n) is 10.0. The first kappa shape index (κ1) is 20.0. The van der Waals surface area contributed by atoms with Crippen molar-refractivity contribution >= 4 is 32.7 Å². The minimum Gasteiger partial charge on any atom is -0.378 e. The lowest BCUT2D eigenvalue weighted by Gasteiger charge is -2.28. The van der Waals surface area contributed by atoms with E-state index in [-0.39, 0.29) is 11.4 Å². The molecule has 0 bridgehead atoms. The molecule has 1 N–H and O–H groups in total. The van der Waals surface area contributed by atoms with Crippen LogP contribution in [0.4, 0.5) is 10.1 Å². The van der Waals surface area contributed by atoms with E-state index in [4.69, 9.17) is 4.74 Å². The fourth-order valence-corrected chi connectivity index (χ4v) is 4.29. The summed E-state index contributed by atoms with van der Waals surface area (Å²) in [5.41, 5.74) is 4.32. The molecule has 0 aliphatic carbocycles. The lowest BCUT2D eigenvalue weighted by atomic mass is 10.1. The number of aromatic amines is 1. The standard InChI is InChI=1S/C23H20BrFN4O2/c24-20-9-15(1-2-21(20)25)14-29-4-3-16(10-22(29)30)19-13-27-23-18(19)11-17(12-26-23)28-5-7-31-8-6-28/h1-4,9-13H,5-8,14H2,(H,26,27). The van der Waals surface area contributed by atoms with Gasteiger partial charge < -0.3 is 19.2 Å². The molecule has 0 saturated carbocycles. The highest BCUT2D eigenvalue weighted by molar-refractivity contribution is 9.10. The van der Waals surface area contributed by atoms with Crippen molar-refractivity contribution in [2.75, 3.05) is 31.2 Å². The average Bonchev–Trinajstić information content (AvgIpc) is 3.21. The molecule has 0 atom stereocenters. The zero-order valence-corrected chi connectivity index (χ0v) is 18.2. The zero-order chi connectivity index (χ0) is 21.4. The summed E-state index contributed by atoms with van der Waals surface area (Å²) in [6.45, 7) is 3.46. The van der Waals surface area contributed by atoms with Crippen LogP contribution in [0.2, 0.25) is 0 Å². The topological polar surface area (TPSA) is 63.1 Å². The summed E-state index contributed by atoms with van der Waals surface area (Å²) >= 11 is 3.19. The van der Waals surface area contributed by atoms with Crippen LogP contribution in [0.25, 0.3) is 22.2 Å². The van der Waals surface area contributed by atoms with Gasteiger partial charge in [0.1, 0.15) is 11.5 Å². The van der Waals surface area contributed by atoms with Crippen molar-refractivity contribution in [2.24, 2.45) is 0 Å². The molecule has 4 heterocycles. The molecular weight excluding hydrogens is 463 g/mol. The first-order chi connectivity index (χ1) is 15.1. The zero-order valence-electron chi connectivity index (χ0n) is 16.6. The lowest BCUT2D eigenvalue weighted by Crippen LogP contribution is -2.36. The average molecular weight is 483 g/mol. The molecule has 8 heteroatoms. The van der Waals surface area contributed by atoms with Crippen molar-refractivity contribution < 1.29 is 9.13 Å². The number of ether oxygens (including phenoxy) is 1. The smallest absolute Gasteiger partial charge is 0.251 e. The van der Waals surface area contributed by atoms with E-state index in [1.54, 1.807) is 29.0 Å². The molecule has 158 valence electrons. The van der Waals surface area contributed by atoms with Crippen LogP contribution >= 0.6 is 15.9 Å². The van der Waals surface area contributed by atoms with Gasteiger partial charge in [-0.15, -0.1) is 0 Å². The van der Waals surface area contributed by atoms with E-state index in [1.807, 2.05) is 18.5 Å². The Bertz CT molecular complexity index is 1310. The molecule has 1 aliphatic heterocycles. The van der Waals surface area contributed by atoms with Crippen molar-refractivity contribution in [3.05, 3.63) is 81.2 Å². The second-order valence-electron chi connectivity index (χ2n) is 7.52. The second kappa shape index (κ2) is 8.28. The number of morpholine rings is 1. The van der Waals surface area contributed by atoms with E-state index in [9.17, 15) is 9.18 Å².